The number of hydrogen-bond acceptors (Lipinski definition) is 5. The molecule has 1 atom stereocenters. The van der Waals surface area contributed by atoms with E-state index in [1.807, 2.05) is 0 Å². The molecule has 7 nitrogen and oxygen atoms in total. The van der Waals surface area contributed by atoms with Crippen LogP contribution in [0.4, 0.5) is 0 Å². The molecule has 1 saturated heterocycles. The molecule has 0 aromatic heterocycles. The van der Waals surface area contributed by atoms with Gasteiger partial charge in [-0.1, -0.05) is 23.2 Å². The van der Waals surface area contributed by atoms with Crippen LogP contribution in [-0.4, -0.2) is 55.2 Å². The van der Waals surface area contributed by atoms with E-state index in [1.165, 1.54) is 0 Å². The molecule has 2 N–H and O–H groups in total. The first-order valence-electron chi connectivity index (χ1n) is 9.32. The Morgan fingerprint density at radius 1 is 1.00 bits per heavy atom. The van der Waals surface area contributed by atoms with Gasteiger partial charge in [0.25, 0.3) is 5.91 Å². The maximum Gasteiger partial charge on any atom is 0.260 e. The first-order chi connectivity index (χ1) is 14.3. The smallest absolute Gasteiger partial charge is 0.260 e. The van der Waals surface area contributed by atoms with Gasteiger partial charge in [-0.2, -0.15) is 0 Å². The molecule has 0 aliphatic carbocycles. The average Bonchev–Trinajstić information content (AvgIpc) is 2.72. The number of primary amides is 1. The molecule has 160 valence electrons. The number of ether oxygens (including phenoxy) is 3. The zero-order valence-electron chi connectivity index (χ0n) is 16.2. The second-order valence-corrected chi connectivity index (χ2v) is 7.85. The summed E-state index contributed by atoms with van der Waals surface area (Å²) < 4.78 is 17.2. The summed E-state index contributed by atoms with van der Waals surface area (Å²) in [5.74, 6) is 0.340. The topological polar surface area (TPSA) is 91.1 Å². The van der Waals surface area contributed by atoms with Crippen LogP contribution in [0.25, 0.3) is 0 Å². The molecule has 0 radical (unpaired) electrons. The van der Waals surface area contributed by atoms with Gasteiger partial charge in [-0.15, -0.1) is 0 Å². The van der Waals surface area contributed by atoms with Crippen LogP contribution in [0.5, 0.6) is 11.5 Å². The van der Waals surface area contributed by atoms with Gasteiger partial charge in [-0.25, -0.2) is 0 Å². The second kappa shape index (κ2) is 10.0. The molecule has 3 rings (SSSR count). The van der Waals surface area contributed by atoms with E-state index in [-0.39, 0.29) is 38.7 Å². The van der Waals surface area contributed by atoms with Gasteiger partial charge in [-0.3, -0.25) is 9.59 Å². The van der Waals surface area contributed by atoms with Crippen molar-refractivity contribution in [2.75, 3.05) is 32.9 Å². The molecule has 1 aliphatic heterocycles. The first kappa shape index (κ1) is 22.2. The fourth-order valence-corrected chi connectivity index (χ4v) is 3.39. The molecule has 1 unspecified atom stereocenters. The van der Waals surface area contributed by atoms with Gasteiger partial charge < -0.3 is 24.8 Å². The Balaban J connectivity index is 1.63. The van der Waals surface area contributed by atoms with Gasteiger partial charge in [-0.05, 0) is 48.5 Å². The van der Waals surface area contributed by atoms with Crippen LogP contribution in [0.2, 0.25) is 10.0 Å². The average molecular weight is 453 g/mol. The number of hydrogen-bond donors (Lipinski definition) is 1. The Kier molecular flexibility index (Phi) is 7.42. The van der Waals surface area contributed by atoms with Crippen LogP contribution in [0, 0.1) is 0 Å². The molecule has 1 heterocycles. The van der Waals surface area contributed by atoms with Crippen molar-refractivity contribution in [1.29, 1.82) is 0 Å². The zero-order valence-corrected chi connectivity index (χ0v) is 17.7. The number of amides is 2. The van der Waals surface area contributed by atoms with E-state index >= 15 is 0 Å². The molecule has 0 bridgehead atoms. The highest BCUT2D eigenvalue weighted by Gasteiger charge is 2.41. The second-order valence-electron chi connectivity index (χ2n) is 6.98. The minimum atomic E-state index is -1.04. The highest BCUT2D eigenvalue weighted by Crippen LogP contribution is 2.25. The van der Waals surface area contributed by atoms with Crippen molar-refractivity contribution in [3.05, 3.63) is 58.6 Å². The third-order valence-corrected chi connectivity index (χ3v) is 5.09. The van der Waals surface area contributed by atoms with Crippen molar-refractivity contribution >= 4 is 35.0 Å². The lowest BCUT2D eigenvalue weighted by atomic mass is 9.97. The molecule has 1 fully saturated rings. The Hall–Kier alpha value is -2.48. The van der Waals surface area contributed by atoms with E-state index in [1.54, 1.807) is 53.4 Å². The van der Waals surface area contributed by atoms with Crippen LogP contribution >= 0.6 is 23.2 Å². The van der Waals surface area contributed by atoms with Gasteiger partial charge in [0.1, 0.15) is 23.7 Å². The number of morpholine rings is 1. The van der Waals surface area contributed by atoms with E-state index in [9.17, 15) is 9.59 Å². The maximum atomic E-state index is 12.7. The number of carbonyl (C=O) groups is 2. The largest absolute Gasteiger partial charge is 0.490 e. The molecule has 0 spiro atoms. The van der Waals surface area contributed by atoms with E-state index in [2.05, 4.69) is 0 Å². The van der Waals surface area contributed by atoms with E-state index in [4.69, 9.17) is 43.1 Å². The minimum Gasteiger partial charge on any atom is -0.490 e. The molecule has 2 amide bonds. The van der Waals surface area contributed by atoms with Gasteiger partial charge in [0.2, 0.25) is 5.91 Å². The number of halogens is 2. The van der Waals surface area contributed by atoms with E-state index in [0.717, 1.165) is 0 Å². The van der Waals surface area contributed by atoms with Crippen molar-refractivity contribution in [2.45, 2.75) is 12.0 Å². The quantitative estimate of drug-likeness (QED) is 0.664. The fourth-order valence-electron chi connectivity index (χ4n) is 3.13. The van der Waals surface area contributed by atoms with Crippen molar-refractivity contribution in [3.63, 3.8) is 0 Å². The van der Waals surface area contributed by atoms with Crippen LogP contribution in [0.3, 0.4) is 0 Å². The zero-order chi connectivity index (χ0) is 21.6. The third kappa shape index (κ3) is 6.26. The summed E-state index contributed by atoms with van der Waals surface area (Å²) in [5.41, 5.74) is 4.39. The molecular weight excluding hydrogens is 431 g/mol. The normalized spacial score (nSPS) is 18.7. The maximum absolute atomic E-state index is 12.7. The summed E-state index contributed by atoms with van der Waals surface area (Å²) in [6, 6.07) is 13.6. The first-order valence-corrected chi connectivity index (χ1v) is 10.1. The summed E-state index contributed by atoms with van der Waals surface area (Å²) in [5, 5.41) is 1.17. The van der Waals surface area contributed by atoms with Gasteiger partial charge >= 0.3 is 0 Å². The summed E-state index contributed by atoms with van der Waals surface area (Å²) in [6.07, 6.45) is -0.0809. The Labute approximate surface area is 184 Å². The SMILES string of the molecule is NC(=O)CC1(COc2ccc(Cl)cc2)CN(C(=O)COc2ccc(Cl)cc2)CCO1. The summed E-state index contributed by atoms with van der Waals surface area (Å²) in [4.78, 5) is 25.9. The molecule has 9 heteroatoms. The molecular formula is C21H22Cl2N2O5. The minimum absolute atomic E-state index is 0.0550. The monoisotopic (exact) mass is 452 g/mol. The predicted molar refractivity (Wildman–Crippen MR) is 113 cm³/mol. The van der Waals surface area contributed by atoms with Crippen molar-refractivity contribution in [2.24, 2.45) is 5.73 Å². The molecule has 1 aliphatic rings. The Morgan fingerprint density at radius 2 is 1.57 bits per heavy atom. The van der Waals surface area contributed by atoms with Crippen molar-refractivity contribution < 1.29 is 23.8 Å². The molecule has 2 aromatic rings. The molecule has 2 aromatic carbocycles. The van der Waals surface area contributed by atoms with Crippen LogP contribution in [-0.2, 0) is 14.3 Å². The lowest BCUT2D eigenvalue weighted by molar-refractivity contribution is -0.163. The number of rotatable bonds is 8. The molecule has 0 saturated carbocycles. The summed E-state index contributed by atoms with van der Waals surface area (Å²) in [7, 11) is 0. The van der Waals surface area contributed by atoms with Crippen LogP contribution in [0.1, 0.15) is 6.42 Å². The Bertz CT molecular complexity index is 876. The number of benzene rings is 2. The standard InChI is InChI=1S/C21H22Cl2N2O5/c22-15-1-5-17(6-2-15)28-12-20(27)25-9-10-30-21(13-25,11-19(24)26)14-29-18-7-3-16(23)4-8-18/h1-8H,9-14H2,(H2,24,26). The van der Waals surface area contributed by atoms with E-state index in [0.29, 0.717) is 28.1 Å². The van der Waals surface area contributed by atoms with E-state index < -0.39 is 11.5 Å². The van der Waals surface area contributed by atoms with Crippen molar-refractivity contribution in [1.82, 2.24) is 4.90 Å². The summed E-state index contributed by atoms with van der Waals surface area (Å²) >= 11 is 11.7. The van der Waals surface area contributed by atoms with Gasteiger partial charge in [0.15, 0.2) is 6.61 Å². The van der Waals surface area contributed by atoms with Crippen molar-refractivity contribution in [3.8, 4) is 11.5 Å². The lowest BCUT2D eigenvalue weighted by Gasteiger charge is -2.41. The Morgan fingerprint density at radius 3 is 2.13 bits per heavy atom. The highest BCUT2D eigenvalue weighted by molar-refractivity contribution is 6.30. The van der Waals surface area contributed by atoms with Crippen LogP contribution < -0.4 is 15.2 Å². The van der Waals surface area contributed by atoms with Gasteiger partial charge in [0.05, 0.1) is 19.6 Å². The number of nitrogens with zero attached hydrogens (tertiary/aromatic N) is 1. The fraction of sp³-hybridized carbons (Fsp3) is 0.333. The molecule has 30 heavy (non-hydrogen) atoms. The lowest BCUT2D eigenvalue weighted by Crippen LogP contribution is -2.58. The number of carbonyl (C=O) groups excluding carboxylic acids is 2. The number of nitrogens with two attached hydrogens (primary N) is 1. The van der Waals surface area contributed by atoms with Gasteiger partial charge in [0, 0.05) is 16.6 Å². The van der Waals surface area contributed by atoms with Crippen LogP contribution in [0.15, 0.2) is 48.5 Å². The third-order valence-electron chi connectivity index (χ3n) is 4.59. The highest BCUT2D eigenvalue weighted by atomic mass is 35.5. The summed E-state index contributed by atoms with van der Waals surface area (Å²) in [6.45, 7) is 0.701. The predicted octanol–water partition coefficient (Wildman–Crippen LogP) is 2.92.